The number of anilines is 1. The quantitative estimate of drug-likeness (QED) is 0.348. The molecule has 5 rings (SSSR count). The monoisotopic (exact) mass is 530 g/mol. The van der Waals surface area contributed by atoms with Crippen molar-refractivity contribution in [3.8, 4) is 34.1 Å². The van der Waals surface area contributed by atoms with E-state index in [0.29, 0.717) is 48.3 Å². The zero-order valence-corrected chi connectivity index (χ0v) is 21.9. The number of rotatable bonds is 6. The van der Waals surface area contributed by atoms with Crippen molar-refractivity contribution in [3.05, 3.63) is 94.4 Å². The topological polar surface area (TPSA) is 76.9 Å². The fraction of sp³-hybridized carbons (Fsp3) is 0.207. The lowest BCUT2D eigenvalue weighted by atomic mass is 10.0. The van der Waals surface area contributed by atoms with Gasteiger partial charge in [-0.3, -0.25) is 9.59 Å². The number of nitrogens with zero attached hydrogens (tertiary/aromatic N) is 4. The number of halogens is 1. The van der Waals surface area contributed by atoms with Gasteiger partial charge in [-0.1, -0.05) is 41.9 Å². The number of hydrogen-bond acceptors (Lipinski definition) is 6. The molecule has 1 aliphatic rings. The minimum Gasteiger partial charge on any atom is -0.496 e. The molecule has 0 atom stereocenters. The van der Waals surface area contributed by atoms with Crippen molar-refractivity contribution < 1.29 is 14.3 Å². The van der Waals surface area contributed by atoms with Crippen LogP contribution in [0.4, 0.5) is 5.69 Å². The Morgan fingerprint density at radius 1 is 0.921 bits per heavy atom. The summed E-state index contributed by atoms with van der Waals surface area (Å²) >= 11 is 6.04. The average Bonchev–Trinajstić information content (AvgIpc) is 2.95. The summed E-state index contributed by atoms with van der Waals surface area (Å²) in [6.45, 7) is 3.81. The largest absolute Gasteiger partial charge is 0.496 e. The fourth-order valence-electron chi connectivity index (χ4n) is 4.48. The molecule has 4 aromatic rings. The van der Waals surface area contributed by atoms with Gasteiger partial charge in [0.25, 0.3) is 0 Å². The van der Waals surface area contributed by atoms with Gasteiger partial charge in [0.15, 0.2) is 0 Å². The van der Waals surface area contributed by atoms with Gasteiger partial charge in [0.2, 0.25) is 11.7 Å². The summed E-state index contributed by atoms with van der Waals surface area (Å²) in [5.74, 6) is 1.48. The number of hydrogen-bond donors (Lipinski definition) is 0. The number of carbonyl (C=O) groups is 1. The molecule has 3 aromatic carbocycles. The highest BCUT2D eigenvalue weighted by Gasteiger charge is 2.25. The van der Waals surface area contributed by atoms with Crippen molar-refractivity contribution in [1.29, 1.82) is 0 Å². The number of aromatic nitrogens is 2. The second kappa shape index (κ2) is 11.0. The molecule has 1 fully saturated rings. The van der Waals surface area contributed by atoms with Crippen molar-refractivity contribution in [3.63, 3.8) is 0 Å². The lowest BCUT2D eigenvalue weighted by molar-refractivity contribution is -0.129. The molecule has 0 saturated carbocycles. The smallest absolute Gasteiger partial charge is 0.316 e. The number of amides is 1. The summed E-state index contributed by atoms with van der Waals surface area (Å²) in [7, 11) is 1.64. The molecule has 0 radical (unpaired) electrons. The van der Waals surface area contributed by atoms with Crippen LogP contribution < -0.4 is 19.9 Å². The molecule has 9 heteroatoms. The first-order valence-electron chi connectivity index (χ1n) is 12.2. The van der Waals surface area contributed by atoms with E-state index in [0.717, 1.165) is 16.9 Å². The lowest BCUT2D eigenvalue weighted by Crippen LogP contribution is -2.48. The van der Waals surface area contributed by atoms with Crippen molar-refractivity contribution >= 4 is 23.2 Å². The molecule has 0 spiro atoms. The van der Waals surface area contributed by atoms with Gasteiger partial charge >= 0.3 is 5.56 Å². The Morgan fingerprint density at radius 3 is 2.26 bits per heavy atom. The molecule has 1 saturated heterocycles. The van der Waals surface area contributed by atoms with Gasteiger partial charge in [-0.15, -0.1) is 0 Å². The van der Waals surface area contributed by atoms with Gasteiger partial charge in [0.1, 0.15) is 17.2 Å². The molecule has 1 aliphatic heterocycles. The second-order valence-corrected chi connectivity index (χ2v) is 9.31. The summed E-state index contributed by atoms with van der Waals surface area (Å²) in [4.78, 5) is 29.3. The van der Waals surface area contributed by atoms with Crippen LogP contribution >= 0.6 is 11.6 Å². The first-order chi connectivity index (χ1) is 18.4. The Labute approximate surface area is 225 Å². The minimum atomic E-state index is -0.396. The zero-order valence-electron chi connectivity index (χ0n) is 21.1. The standard InChI is InChI=1S/C29H27ClN4O4/c1-20(35)32-15-17-33(18-16-32)26-19-31-34(23-11-9-22(30)10-12-23)29(36)28(26)38-24-13-7-21(8-14-24)25-5-3-4-6-27(25)37-2/h3-14,19H,15-18H2,1-2H3. The number of para-hydroxylation sites is 1. The Balaban J connectivity index is 1.50. The molecule has 0 aliphatic carbocycles. The van der Waals surface area contributed by atoms with Gasteiger partial charge in [-0.2, -0.15) is 9.78 Å². The first kappa shape index (κ1) is 25.4. The van der Waals surface area contributed by atoms with Gasteiger partial charge in [-0.25, -0.2) is 0 Å². The average molecular weight is 531 g/mol. The summed E-state index contributed by atoms with van der Waals surface area (Å²) in [5.41, 5.74) is 2.68. The van der Waals surface area contributed by atoms with Crippen LogP contribution in [-0.4, -0.2) is 53.9 Å². The summed E-state index contributed by atoms with van der Waals surface area (Å²) in [5, 5.41) is 4.99. The molecule has 38 heavy (non-hydrogen) atoms. The van der Waals surface area contributed by atoms with Crippen LogP contribution in [0, 0.1) is 0 Å². The van der Waals surface area contributed by atoms with Crippen molar-refractivity contribution in [2.75, 3.05) is 38.2 Å². The van der Waals surface area contributed by atoms with Crippen molar-refractivity contribution in [2.24, 2.45) is 0 Å². The lowest BCUT2D eigenvalue weighted by Gasteiger charge is -2.35. The zero-order chi connectivity index (χ0) is 26.6. The summed E-state index contributed by atoms with van der Waals surface area (Å²) in [6, 6.07) is 22.2. The summed E-state index contributed by atoms with van der Waals surface area (Å²) < 4.78 is 13.0. The van der Waals surface area contributed by atoms with Crippen LogP contribution in [0.1, 0.15) is 6.92 Å². The molecule has 194 valence electrons. The van der Waals surface area contributed by atoms with Gasteiger partial charge in [0, 0.05) is 43.7 Å². The van der Waals surface area contributed by atoms with E-state index in [1.165, 1.54) is 4.68 Å². The summed E-state index contributed by atoms with van der Waals surface area (Å²) in [6.07, 6.45) is 1.64. The number of carbonyl (C=O) groups excluding carboxylic acids is 1. The van der Waals surface area contributed by atoms with Crippen LogP contribution in [0.2, 0.25) is 5.02 Å². The molecule has 0 bridgehead atoms. The molecule has 0 unspecified atom stereocenters. The van der Waals surface area contributed by atoms with E-state index in [4.69, 9.17) is 21.1 Å². The Morgan fingerprint density at radius 2 is 1.61 bits per heavy atom. The fourth-order valence-corrected chi connectivity index (χ4v) is 4.61. The molecule has 8 nitrogen and oxygen atoms in total. The highest BCUT2D eigenvalue weighted by molar-refractivity contribution is 6.30. The van der Waals surface area contributed by atoms with Crippen molar-refractivity contribution in [2.45, 2.75) is 6.92 Å². The maximum Gasteiger partial charge on any atom is 0.316 e. The van der Waals surface area contributed by atoms with E-state index in [9.17, 15) is 9.59 Å². The minimum absolute atomic E-state index is 0.0348. The number of ether oxygens (including phenoxy) is 2. The molecule has 1 aromatic heterocycles. The Bertz CT molecular complexity index is 1490. The highest BCUT2D eigenvalue weighted by Crippen LogP contribution is 2.33. The Hall–Kier alpha value is -4.30. The molecule has 1 amide bonds. The molecular formula is C29H27ClN4O4. The van der Waals surface area contributed by atoms with E-state index in [2.05, 4.69) is 5.10 Å². The third kappa shape index (κ3) is 5.21. The number of piperazine rings is 1. The molecule has 0 N–H and O–H groups in total. The molecule has 2 heterocycles. The SMILES string of the molecule is COc1ccccc1-c1ccc(Oc2c(N3CCN(C(C)=O)CC3)cnn(-c3ccc(Cl)cc3)c2=O)cc1. The normalized spacial score (nSPS) is 13.3. The first-order valence-corrected chi connectivity index (χ1v) is 12.6. The second-order valence-electron chi connectivity index (χ2n) is 8.87. The van der Waals surface area contributed by atoms with E-state index in [1.807, 2.05) is 53.4 Å². The van der Waals surface area contributed by atoms with Gasteiger partial charge < -0.3 is 19.3 Å². The van der Waals surface area contributed by atoms with Gasteiger partial charge in [-0.05, 0) is 48.0 Å². The number of methoxy groups -OCH3 is 1. The van der Waals surface area contributed by atoms with Crippen molar-refractivity contribution in [1.82, 2.24) is 14.7 Å². The van der Waals surface area contributed by atoms with E-state index in [-0.39, 0.29) is 11.7 Å². The Kier molecular flexibility index (Phi) is 7.33. The van der Waals surface area contributed by atoms with E-state index >= 15 is 0 Å². The maximum atomic E-state index is 13.7. The third-order valence-corrected chi connectivity index (χ3v) is 6.80. The predicted molar refractivity (Wildman–Crippen MR) is 148 cm³/mol. The third-order valence-electron chi connectivity index (χ3n) is 6.54. The van der Waals surface area contributed by atoms with E-state index < -0.39 is 5.56 Å². The predicted octanol–water partition coefficient (Wildman–Crippen LogP) is 5.02. The molecular weight excluding hydrogens is 504 g/mol. The van der Waals surface area contributed by atoms with Crippen LogP contribution in [0.3, 0.4) is 0 Å². The van der Waals surface area contributed by atoms with Crippen LogP contribution in [-0.2, 0) is 4.79 Å². The maximum absolute atomic E-state index is 13.7. The van der Waals surface area contributed by atoms with Gasteiger partial charge in [0.05, 0.1) is 19.0 Å². The highest BCUT2D eigenvalue weighted by atomic mass is 35.5. The van der Waals surface area contributed by atoms with Crippen LogP contribution in [0.15, 0.2) is 83.8 Å². The number of benzene rings is 3. The van der Waals surface area contributed by atoms with E-state index in [1.54, 1.807) is 49.4 Å². The van der Waals surface area contributed by atoms with Crippen LogP contribution in [0.5, 0.6) is 17.2 Å². The van der Waals surface area contributed by atoms with Crippen LogP contribution in [0.25, 0.3) is 16.8 Å².